The second kappa shape index (κ2) is 3.35. The van der Waals surface area contributed by atoms with Crippen molar-refractivity contribution >= 4 is 49.6 Å². The van der Waals surface area contributed by atoms with Crippen molar-refractivity contribution in [1.29, 1.82) is 0 Å². The maximum atomic E-state index is 4.97. The molecule has 0 aromatic rings. The summed E-state index contributed by atoms with van der Waals surface area (Å²) in [6.45, 7) is 0. The number of rotatable bonds is 0. The number of halogens is 4. The first-order valence-electron chi connectivity index (χ1n) is 0.756. The van der Waals surface area contributed by atoms with Crippen LogP contribution >= 0.6 is 44.3 Å². The largest absolute Gasteiger partial charge is 0.440 e. The SMILES string of the molecule is Cl[Si](Cl)(Cl)Cl.O. The van der Waals surface area contributed by atoms with Crippen LogP contribution in [-0.4, -0.2) is 10.8 Å². The fourth-order valence-corrected chi connectivity index (χ4v) is 0. The van der Waals surface area contributed by atoms with E-state index in [4.69, 9.17) is 44.3 Å². The average Bonchev–Trinajstić information content (AvgIpc) is 0.722. The van der Waals surface area contributed by atoms with Gasteiger partial charge < -0.3 is 5.48 Å². The average molecular weight is 188 g/mol. The zero-order valence-corrected chi connectivity index (χ0v) is 6.54. The van der Waals surface area contributed by atoms with Crippen molar-refractivity contribution in [1.82, 2.24) is 0 Å². The van der Waals surface area contributed by atoms with Crippen LogP contribution in [0.1, 0.15) is 0 Å². The summed E-state index contributed by atoms with van der Waals surface area (Å²) in [5, 5.41) is -2.72. The molecule has 1 nitrogen and oxygen atoms in total. The Hall–Kier alpha value is 1.34. The molecule has 0 radical (unpaired) electrons. The molecule has 0 saturated carbocycles. The fraction of sp³-hybridized carbons (Fsp3) is 0. The predicted molar refractivity (Wildman–Crippen MR) is 32.8 cm³/mol. The lowest BCUT2D eigenvalue weighted by molar-refractivity contribution is 0.824. The third-order valence-corrected chi connectivity index (χ3v) is 0. The van der Waals surface area contributed by atoms with Gasteiger partial charge in [0.05, 0.1) is 0 Å². The summed E-state index contributed by atoms with van der Waals surface area (Å²) < 4.78 is 0. The second-order valence-electron chi connectivity index (χ2n) is 0.429. The maximum absolute atomic E-state index is 4.97. The normalized spacial score (nSPS) is 10.0. The van der Waals surface area contributed by atoms with Crippen LogP contribution in [-0.2, 0) is 0 Å². The Labute approximate surface area is 55.3 Å². The molecule has 0 aromatic heterocycles. The number of hydrogen-bond acceptors (Lipinski definition) is 0. The molecule has 40 valence electrons. The van der Waals surface area contributed by atoms with Crippen LogP contribution in [0.4, 0.5) is 0 Å². The summed E-state index contributed by atoms with van der Waals surface area (Å²) in [6.07, 6.45) is 0. The first-order chi connectivity index (χ1) is 2.00. The van der Waals surface area contributed by atoms with Gasteiger partial charge in [-0.1, -0.05) is 0 Å². The Bertz CT molecular complexity index is 23.0. The van der Waals surface area contributed by atoms with Gasteiger partial charge >= 0.3 is 5.31 Å². The molecule has 0 aliphatic carbocycles. The van der Waals surface area contributed by atoms with Crippen molar-refractivity contribution in [2.45, 2.75) is 0 Å². The first-order valence-corrected chi connectivity index (χ1v) is 6.80. The van der Waals surface area contributed by atoms with Gasteiger partial charge in [0.25, 0.3) is 0 Å². The highest BCUT2D eigenvalue weighted by atomic mass is 36.0. The van der Waals surface area contributed by atoms with E-state index in [-0.39, 0.29) is 5.48 Å². The van der Waals surface area contributed by atoms with Gasteiger partial charge in [-0.3, -0.25) is 0 Å². The molecule has 6 heteroatoms. The zero-order chi connectivity index (χ0) is 4.50. The van der Waals surface area contributed by atoms with Crippen molar-refractivity contribution in [2.75, 3.05) is 0 Å². The van der Waals surface area contributed by atoms with Gasteiger partial charge in [-0.05, 0) is 0 Å². The predicted octanol–water partition coefficient (Wildman–Crippen LogP) is 1.55. The molecule has 0 spiro atoms. The van der Waals surface area contributed by atoms with E-state index in [2.05, 4.69) is 0 Å². The van der Waals surface area contributed by atoms with E-state index >= 15 is 0 Å². The van der Waals surface area contributed by atoms with E-state index < -0.39 is 5.31 Å². The molecule has 0 aliphatic rings. The van der Waals surface area contributed by atoms with Crippen LogP contribution in [0.25, 0.3) is 0 Å². The molecular weight excluding hydrogens is 186 g/mol. The minimum atomic E-state index is -2.72. The Balaban J connectivity index is 0. The van der Waals surface area contributed by atoms with Crippen LogP contribution in [0.5, 0.6) is 0 Å². The van der Waals surface area contributed by atoms with Gasteiger partial charge in [0.1, 0.15) is 0 Å². The summed E-state index contributed by atoms with van der Waals surface area (Å²) in [4.78, 5) is 0. The third-order valence-electron chi connectivity index (χ3n) is 0. The van der Waals surface area contributed by atoms with Crippen LogP contribution in [0.3, 0.4) is 0 Å². The van der Waals surface area contributed by atoms with Crippen molar-refractivity contribution in [3.05, 3.63) is 0 Å². The lowest BCUT2D eigenvalue weighted by Crippen LogP contribution is -1.91. The van der Waals surface area contributed by atoms with Gasteiger partial charge in [-0.2, -0.15) is 0 Å². The smallest absolute Gasteiger partial charge is 0.412 e. The van der Waals surface area contributed by atoms with Gasteiger partial charge in [0.2, 0.25) is 0 Å². The van der Waals surface area contributed by atoms with E-state index in [1.54, 1.807) is 0 Å². The summed E-state index contributed by atoms with van der Waals surface area (Å²) in [5.41, 5.74) is 0. The van der Waals surface area contributed by atoms with E-state index in [0.717, 1.165) is 0 Å². The Morgan fingerprint density at radius 3 is 0.833 bits per heavy atom. The molecule has 0 atom stereocenters. The molecule has 0 rings (SSSR count). The van der Waals surface area contributed by atoms with E-state index in [9.17, 15) is 0 Å². The molecule has 6 heavy (non-hydrogen) atoms. The summed E-state index contributed by atoms with van der Waals surface area (Å²) in [7, 11) is 0. The van der Waals surface area contributed by atoms with Crippen molar-refractivity contribution in [2.24, 2.45) is 0 Å². The van der Waals surface area contributed by atoms with Crippen molar-refractivity contribution < 1.29 is 5.48 Å². The molecule has 0 unspecified atom stereocenters. The minimum absolute atomic E-state index is 0. The highest BCUT2D eigenvalue weighted by Gasteiger charge is 2.19. The van der Waals surface area contributed by atoms with Crippen LogP contribution in [0, 0.1) is 0 Å². The molecular formula is H2Cl4OSi. The van der Waals surface area contributed by atoms with E-state index in [0.29, 0.717) is 0 Å². The third kappa shape index (κ3) is 56.2. The topological polar surface area (TPSA) is 31.5 Å². The molecule has 0 heterocycles. The Morgan fingerprint density at radius 1 is 0.833 bits per heavy atom. The summed E-state index contributed by atoms with van der Waals surface area (Å²) >= 11 is 19.9. The fourth-order valence-electron chi connectivity index (χ4n) is 0. The van der Waals surface area contributed by atoms with Gasteiger partial charge in [0.15, 0.2) is 0 Å². The van der Waals surface area contributed by atoms with Gasteiger partial charge in [0, 0.05) is 0 Å². The highest BCUT2D eigenvalue weighted by Crippen LogP contribution is 2.23. The quantitative estimate of drug-likeness (QED) is 0.408. The highest BCUT2D eigenvalue weighted by molar-refractivity contribution is 7.81. The second-order valence-corrected chi connectivity index (χ2v) is 11.6. The van der Waals surface area contributed by atoms with Crippen molar-refractivity contribution in [3.63, 3.8) is 0 Å². The molecule has 2 N–H and O–H groups in total. The molecule has 0 aliphatic heterocycles. The van der Waals surface area contributed by atoms with Gasteiger partial charge in [-0.25, -0.2) is 0 Å². The maximum Gasteiger partial charge on any atom is 0.440 e. The Kier molecular flexibility index (Phi) is 5.78. The Morgan fingerprint density at radius 2 is 0.833 bits per heavy atom. The molecule has 0 aromatic carbocycles. The number of hydrogen-bond donors (Lipinski definition) is 0. The minimum Gasteiger partial charge on any atom is -0.412 e. The van der Waals surface area contributed by atoms with E-state index in [1.807, 2.05) is 0 Å². The van der Waals surface area contributed by atoms with Crippen molar-refractivity contribution in [3.8, 4) is 0 Å². The van der Waals surface area contributed by atoms with Crippen LogP contribution in [0.15, 0.2) is 0 Å². The molecule has 0 amide bonds. The molecule has 0 fully saturated rings. The lowest BCUT2D eigenvalue weighted by Gasteiger charge is -1.85. The monoisotopic (exact) mass is 186 g/mol. The standard InChI is InChI=1S/Cl4Si.H2O/c1-5(2,3)4;/h;1H2. The first kappa shape index (κ1) is 10.3. The molecule has 0 saturated heterocycles. The van der Waals surface area contributed by atoms with Crippen LogP contribution in [0.2, 0.25) is 0 Å². The van der Waals surface area contributed by atoms with Crippen LogP contribution < -0.4 is 0 Å². The molecule has 0 bridgehead atoms. The van der Waals surface area contributed by atoms with Gasteiger partial charge in [-0.15, -0.1) is 44.3 Å². The zero-order valence-electron chi connectivity index (χ0n) is 2.51. The van der Waals surface area contributed by atoms with E-state index in [1.165, 1.54) is 0 Å². The summed E-state index contributed by atoms with van der Waals surface area (Å²) in [6, 6.07) is 0. The summed E-state index contributed by atoms with van der Waals surface area (Å²) in [5.74, 6) is 0. The lowest BCUT2D eigenvalue weighted by atomic mass is 16.0.